The maximum absolute atomic E-state index is 13.9. The highest BCUT2D eigenvalue weighted by Gasteiger charge is 2.33. The summed E-state index contributed by atoms with van der Waals surface area (Å²) in [6, 6.07) is 18.9. The number of nitrogens with zero attached hydrogens (tertiary/aromatic N) is 2. The fourth-order valence-electron chi connectivity index (χ4n) is 3.80. The number of sulfonamides is 1. The van der Waals surface area contributed by atoms with Crippen molar-refractivity contribution in [1.29, 1.82) is 0 Å². The second-order valence-electron chi connectivity index (χ2n) is 9.24. The quantitative estimate of drug-likeness (QED) is 0.348. The van der Waals surface area contributed by atoms with Crippen LogP contribution in [0.5, 0.6) is 0 Å². The lowest BCUT2D eigenvalue weighted by molar-refractivity contribution is -0.139. The lowest BCUT2D eigenvalue weighted by Crippen LogP contribution is -2.52. The number of carbonyl (C=O) groups is 2. The van der Waals surface area contributed by atoms with Crippen LogP contribution < -0.4 is 9.62 Å². The molecule has 0 aliphatic carbocycles. The van der Waals surface area contributed by atoms with Crippen LogP contribution in [0.2, 0.25) is 10.0 Å². The summed E-state index contributed by atoms with van der Waals surface area (Å²) < 4.78 is 28.5. The minimum atomic E-state index is -4.22. The first-order chi connectivity index (χ1) is 17.9. The molecule has 202 valence electrons. The molecule has 10 heteroatoms. The molecule has 0 fully saturated rings. The summed E-state index contributed by atoms with van der Waals surface area (Å²) in [5.41, 5.74) is 1.91. The number of carbonyl (C=O) groups excluding carboxylic acids is 2. The van der Waals surface area contributed by atoms with Crippen LogP contribution in [0.4, 0.5) is 5.69 Å². The molecule has 0 radical (unpaired) electrons. The number of hydrogen-bond acceptors (Lipinski definition) is 4. The van der Waals surface area contributed by atoms with Crippen LogP contribution in [0.15, 0.2) is 77.7 Å². The van der Waals surface area contributed by atoms with E-state index in [1.165, 1.54) is 29.2 Å². The Morgan fingerprint density at radius 3 is 2.13 bits per heavy atom. The number of aryl methyl sites for hydroxylation is 1. The van der Waals surface area contributed by atoms with Crippen LogP contribution in [0.25, 0.3) is 0 Å². The number of rotatable bonds is 10. The first-order valence-electron chi connectivity index (χ1n) is 12.1. The second kappa shape index (κ2) is 12.7. The van der Waals surface area contributed by atoms with Crippen molar-refractivity contribution in [3.63, 3.8) is 0 Å². The van der Waals surface area contributed by atoms with Gasteiger partial charge in [-0.15, -0.1) is 0 Å². The fourth-order valence-corrected chi connectivity index (χ4v) is 5.69. The molecule has 0 aromatic heterocycles. The van der Waals surface area contributed by atoms with Gasteiger partial charge in [-0.1, -0.05) is 77.3 Å². The van der Waals surface area contributed by atoms with Crippen molar-refractivity contribution in [2.75, 3.05) is 10.8 Å². The fraction of sp³-hybridized carbons (Fsp3) is 0.286. The van der Waals surface area contributed by atoms with E-state index in [2.05, 4.69) is 5.32 Å². The van der Waals surface area contributed by atoms with Crippen LogP contribution in [0.3, 0.4) is 0 Å². The second-order valence-corrected chi connectivity index (χ2v) is 11.9. The highest BCUT2D eigenvalue weighted by Crippen LogP contribution is 2.35. The molecular weight excluding hydrogens is 545 g/mol. The number of anilines is 1. The summed E-state index contributed by atoms with van der Waals surface area (Å²) in [6.45, 7) is 6.73. The lowest BCUT2D eigenvalue weighted by Gasteiger charge is -2.32. The van der Waals surface area contributed by atoms with E-state index in [1.807, 2.05) is 45.0 Å². The van der Waals surface area contributed by atoms with Crippen molar-refractivity contribution in [2.45, 2.75) is 51.2 Å². The molecule has 0 heterocycles. The van der Waals surface area contributed by atoms with E-state index in [0.29, 0.717) is 0 Å². The summed E-state index contributed by atoms with van der Waals surface area (Å²) in [5, 5.41) is 2.97. The first-order valence-corrected chi connectivity index (χ1v) is 14.3. The topological polar surface area (TPSA) is 86.8 Å². The maximum Gasteiger partial charge on any atom is 0.264 e. The Hall–Kier alpha value is -3.07. The van der Waals surface area contributed by atoms with E-state index in [4.69, 9.17) is 23.2 Å². The van der Waals surface area contributed by atoms with Crippen molar-refractivity contribution < 1.29 is 18.0 Å². The van der Waals surface area contributed by atoms with Gasteiger partial charge in [0.15, 0.2) is 0 Å². The standard InChI is InChI=1S/C28H31Cl2N3O4S/c1-19(2)31-28(35)21(4)32(17-22-15-13-20(3)14-16-22)26(34)18-33(25-12-8-11-24(29)27(25)30)38(36,37)23-9-6-5-7-10-23/h5-16,19,21H,17-18H2,1-4H3,(H,31,35). The highest BCUT2D eigenvalue weighted by molar-refractivity contribution is 7.92. The van der Waals surface area contributed by atoms with E-state index >= 15 is 0 Å². The van der Waals surface area contributed by atoms with E-state index in [9.17, 15) is 18.0 Å². The molecule has 3 aromatic rings. The zero-order chi connectivity index (χ0) is 28.0. The molecule has 0 aliphatic rings. The van der Waals surface area contributed by atoms with E-state index in [1.54, 1.807) is 31.2 Å². The Bertz CT molecular complexity index is 1380. The number of amides is 2. The van der Waals surface area contributed by atoms with Gasteiger partial charge < -0.3 is 10.2 Å². The SMILES string of the molecule is Cc1ccc(CN(C(=O)CN(c2cccc(Cl)c2Cl)S(=O)(=O)c2ccccc2)C(C)C(=O)NC(C)C)cc1. The van der Waals surface area contributed by atoms with Gasteiger partial charge in [-0.05, 0) is 57.5 Å². The zero-order valence-corrected chi connectivity index (χ0v) is 24.0. The first kappa shape index (κ1) is 29.5. The third kappa shape index (κ3) is 7.07. The molecule has 0 saturated carbocycles. The monoisotopic (exact) mass is 575 g/mol. The van der Waals surface area contributed by atoms with Crippen molar-refractivity contribution in [3.8, 4) is 0 Å². The molecule has 1 unspecified atom stereocenters. The Morgan fingerprint density at radius 2 is 1.53 bits per heavy atom. The van der Waals surface area contributed by atoms with Crippen LogP contribution in [-0.4, -0.2) is 43.8 Å². The number of hydrogen-bond donors (Lipinski definition) is 1. The van der Waals surface area contributed by atoms with Gasteiger partial charge in [0.25, 0.3) is 10.0 Å². The van der Waals surface area contributed by atoms with Crippen molar-refractivity contribution in [1.82, 2.24) is 10.2 Å². The Morgan fingerprint density at radius 1 is 0.895 bits per heavy atom. The van der Waals surface area contributed by atoms with Crippen molar-refractivity contribution in [2.24, 2.45) is 0 Å². The highest BCUT2D eigenvalue weighted by atomic mass is 35.5. The molecule has 38 heavy (non-hydrogen) atoms. The van der Waals surface area contributed by atoms with E-state index < -0.39 is 28.5 Å². The molecule has 0 bridgehead atoms. The summed E-state index contributed by atoms with van der Waals surface area (Å²) in [7, 11) is -4.22. The number of nitrogens with one attached hydrogen (secondary N) is 1. The third-order valence-corrected chi connectivity index (χ3v) is 8.46. The van der Waals surface area contributed by atoms with Crippen LogP contribution in [0, 0.1) is 6.92 Å². The van der Waals surface area contributed by atoms with Gasteiger partial charge in [-0.3, -0.25) is 13.9 Å². The predicted molar refractivity (Wildman–Crippen MR) is 152 cm³/mol. The summed E-state index contributed by atoms with van der Waals surface area (Å²) in [5.74, 6) is -0.925. The normalized spacial score (nSPS) is 12.2. The van der Waals surface area contributed by atoms with Crippen LogP contribution in [0.1, 0.15) is 31.9 Å². The summed E-state index contributed by atoms with van der Waals surface area (Å²) in [4.78, 5) is 28.2. The minimum Gasteiger partial charge on any atom is -0.352 e. The van der Waals surface area contributed by atoms with E-state index in [-0.39, 0.29) is 39.1 Å². The minimum absolute atomic E-state index is 0.00263. The van der Waals surface area contributed by atoms with Gasteiger partial charge in [-0.2, -0.15) is 0 Å². The van der Waals surface area contributed by atoms with Gasteiger partial charge in [0.2, 0.25) is 11.8 Å². The summed E-state index contributed by atoms with van der Waals surface area (Å²) >= 11 is 12.6. The largest absolute Gasteiger partial charge is 0.352 e. The Balaban J connectivity index is 2.06. The predicted octanol–water partition coefficient (Wildman–Crippen LogP) is 5.44. The molecule has 1 atom stereocenters. The van der Waals surface area contributed by atoms with Gasteiger partial charge in [0, 0.05) is 12.6 Å². The van der Waals surface area contributed by atoms with Gasteiger partial charge >= 0.3 is 0 Å². The molecule has 3 rings (SSSR count). The van der Waals surface area contributed by atoms with E-state index in [0.717, 1.165) is 15.4 Å². The van der Waals surface area contributed by atoms with Crippen LogP contribution in [-0.2, 0) is 26.2 Å². The molecule has 0 saturated heterocycles. The number of halogens is 2. The van der Waals surface area contributed by atoms with Crippen molar-refractivity contribution in [3.05, 3.63) is 94.0 Å². The molecule has 7 nitrogen and oxygen atoms in total. The lowest BCUT2D eigenvalue weighted by atomic mass is 10.1. The molecule has 0 aliphatic heterocycles. The molecule has 1 N–H and O–H groups in total. The smallest absolute Gasteiger partial charge is 0.264 e. The maximum atomic E-state index is 13.9. The van der Waals surface area contributed by atoms with Crippen molar-refractivity contribution >= 4 is 50.7 Å². The molecule has 3 aromatic carbocycles. The molecule has 0 spiro atoms. The third-order valence-electron chi connectivity index (χ3n) is 5.88. The average Bonchev–Trinajstić information content (AvgIpc) is 2.88. The number of benzene rings is 3. The molecular formula is C28H31Cl2N3O4S. The average molecular weight is 577 g/mol. The Labute approximate surface area is 234 Å². The van der Waals surface area contributed by atoms with Gasteiger partial charge in [0.1, 0.15) is 12.6 Å². The Kier molecular flexibility index (Phi) is 9.82. The zero-order valence-electron chi connectivity index (χ0n) is 21.7. The molecule has 2 amide bonds. The van der Waals surface area contributed by atoms with Crippen LogP contribution >= 0.6 is 23.2 Å². The van der Waals surface area contributed by atoms with Gasteiger partial charge in [-0.25, -0.2) is 8.42 Å². The summed E-state index contributed by atoms with van der Waals surface area (Å²) in [6.07, 6.45) is 0. The van der Waals surface area contributed by atoms with Gasteiger partial charge in [0.05, 0.1) is 20.6 Å².